The number of benzene rings is 1. The highest BCUT2D eigenvalue weighted by Crippen LogP contribution is 2.24. The van der Waals surface area contributed by atoms with Crippen LogP contribution in [0.3, 0.4) is 0 Å². The second kappa shape index (κ2) is 7.70. The first-order chi connectivity index (χ1) is 12.1. The van der Waals surface area contributed by atoms with Crippen LogP contribution in [-0.2, 0) is 10.0 Å². The quantitative estimate of drug-likeness (QED) is 0.799. The van der Waals surface area contributed by atoms with Gasteiger partial charge < -0.3 is 5.32 Å². The Bertz CT molecular complexity index is 818. The summed E-state index contributed by atoms with van der Waals surface area (Å²) in [4.78, 5) is 4.51. The van der Waals surface area contributed by atoms with Gasteiger partial charge in [-0.15, -0.1) is 0 Å². The summed E-state index contributed by atoms with van der Waals surface area (Å²) in [5, 5.41) is 3.36. The summed E-state index contributed by atoms with van der Waals surface area (Å²) >= 11 is 0. The summed E-state index contributed by atoms with van der Waals surface area (Å²) in [7, 11) is -3.62. The van der Waals surface area contributed by atoms with E-state index in [4.69, 9.17) is 0 Å². The Labute approximate surface area is 149 Å². The molecule has 3 rings (SSSR count). The number of hydrogen-bond acceptors (Lipinski definition) is 4. The zero-order valence-corrected chi connectivity index (χ0v) is 15.1. The van der Waals surface area contributed by atoms with Crippen LogP contribution in [0.15, 0.2) is 65.7 Å². The highest BCUT2D eigenvalue weighted by Gasteiger charge is 2.24. The third-order valence-corrected chi connectivity index (χ3v) is 6.16. The molecule has 0 amide bonds. The number of hydrogen-bond donors (Lipinski definition) is 1. The molecule has 1 aliphatic rings. The normalized spacial score (nSPS) is 17.2. The summed E-state index contributed by atoms with van der Waals surface area (Å²) in [6, 6.07) is 12.8. The van der Waals surface area contributed by atoms with Gasteiger partial charge in [-0.3, -0.25) is 4.31 Å². The zero-order valence-electron chi connectivity index (χ0n) is 14.3. The third-order valence-electron chi connectivity index (χ3n) is 4.28. The largest absolute Gasteiger partial charge is 0.367 e. The minimum Gasteiger partial charge on any atom is -0.367 e. The smallest absolute Gasteiger partial charge is 0.265 e. The molecule has 0 spiro atoms. The van der Waals surface area contributed by atoms with E-state index in [-0.39, 0.29) is 4.90 Å². The van der Waals surface area contributed by atoms with Crippen molar-refractivity contribution in [2.45, 2.75) is 37.1 Å². The highest BCUT2D eigenvalue weighted by molar-refractivity contribution is 7.92. The van der Waals surface area contributed by atoms with E-state index in [0.717, 1.165) is 19.3 Å². The van der Waals surface area contributed by atoms with E-state index >= 15 is 0 Å². The van der Waals surface area contributed by atoms with Crippen LogP contribution in [0.2, 0.25) is 0 Å². The Balaban J connectivity index is 1.79. The summed E-state index contributed by atoms with van der Waals surface area (Å²) < 4.78 is 27.2. The number of pyridine rings is 1. The summed E-state index contributed by atoms with van der Waals surface area (Å²) in [5.74, 6) is 0.710. The van der Waals surface area contributed by atoms with E-state index in [0.29, 0.717) is 24.1 Å². The van der Waals surface area contributed by atoms with Crippen molar-refractivity contribution in [3.8, 4) is 0 Å². The molecule has 132 valence electrons. The van der Waals surface area contributed by atoms with Crippen LogP contribution in [0.4, 0.5) is 11.5 Å². The lowest BCUT2D eigenvalue weighted by molar-refractivity contribution is 0.591. The lowest BCUT2D eigenvalue weighted by Gasteiger charge is -2.23. The predicted octanol–water partition coefficient (Wildman–Crippen LogP) is 3.82. The number of sulfonamides is 1. The van der Waals surface area contributed by atoms with Gasteiger partial charge in [-0.05, 0) is 50.5 Å². The SMILES string of the molecule is CCN(c1ccccc1)S(=O)(=O)c1ccc(NC2CC=CCC2)nc1. The fourth-order valence-electron chi connectivity index (χ4n) is 2.96. The van der Waals surface area contributed by atoms with Crippen LogP contribution in [0.1, 0.15) is 26.2 Å². The fraction of sp³-hybridized carbons (Fsp3) is 0.316. The Morgan fingerprint density at radius 3 is 2.56 bits per heavy atom. The maximum Gasteiger partial charge on any atom is 0.265 e. The molecule has 1 aromatic heterocycles. The molecule has 0 saturated heterocycles. The average molecular weight is 357 g/mol. The summed E-state index contributed by atoms with van der Waals surface area (Å²) in [5.41, 5.74) is 0.654. The van der Waals surface area contributed by atoms with Crippen LogP contribution in [0.25, 0.3) is 0 Å². The van der Waals surface area contributed by atoms with Crippen molar-refractivity contribution in [1.82, 2.24) is 4.98 Å². The Morgan fingerprint density at radius 2 is 1.96 bits per heavy atom. The molecule has 0 fully saturated rings. The van der Waals surface area contributed by atoms with Crippen molar-refractivity contribution in [1.29, 1.82) is 0 Å². The second-order valence-electron chi connectivity index (χ2n) is 6.01. The standard InChI is InChI=1S/C19H23N3O2S/c1-2-22(17-11-7-4-8-12-17)25(23,24)18-13-14-19(20-15-18)21-16-9-5-3-6-10-16/h3-5,7-8,11-16H,2,6,9-10H2,1H3,(H,20,21). The van der Waals surface area contributed by atoms with Gasteiger partial charge in [-0.1, -0.05) is 30.4 Å². The fourth-order valence-corrected chi connectivity index (χ4v) is 4.38. The lowest BCUT2D eigenvalue weighted by atomic mass is 10.0. The number of nitrogens with one attached hydrogen (secondary N) is 1. The van der Waals surface area contributed by atoms with Crippen molar-refractivity contribution in [2.24, 2.45) is 0 Å². The molecular weight excluding hydrogens is 334 g/mol. The van der Waals surface area contributed by atoms with Gasteiger partial charge in [0, 0.05) is 18.8 Å². The van der Waals surface area contributed by atoms with E-state index in [2.05, 4.69) is 22.5 Å². The van der Waals surface area contributed by atoms with E-state index in [9.17, 15) is 8.42 Å². The van der Waals surface area contributed by atoms with Crippen molar-refractivity contribution in [3.63, 3.8) is 0 Å². The second-order valence-corrected chi connectivity index (χ2v) is 7.87. The van der Waals surface area contributed by atoms with Gasteiger partial charge >= 0.3 is 0 Å². The summed E-state index contributed by atoms with van der Waals surface area (Å²) in [6.07, 6.45) is 8.88. The van der Waals surface area contributed by atoms with Crippen molar-refractivity contribution in [3.05, 3.63) is 60.8 Å². The number of nitrogens with zero attached hydrogens (tertiary/aromatic N) is 2. The lowest BCUT2D eigenvalue weighted by Crippen LogP contribution is -2.30. The third kappa shape index (κ3) is 4.02. The first-order valence-electron chi connectivity index (χ1n) is 8.56. The molecular formula is C19H23N3O2S. The van der Waals surface area contributed by atoms with Gasteiger partial charge in [0.25, 0.3) is 10.0 Å². The van der Waals surface area contributed by atoms with Gasteiger partial charge in [0.1, 0.15) is 10.7 Å². The van der Waals surface area contributed by atoms with Crippen molar-refractivity contribution < 1.29 is 8.42 Å². The predicted molar refractivity (Wildman–Crippen MR) is 101 cm³/mol. The molecule has 1 unspecified atom stereocenters. The topological polar surface area (TPSA) is 62.3 Å². The monoisotopic (exact) mass is 357 g/mol. The van der Waals surface area contributed by atoms with Gasteiger partial charge in [-0.25, -0.2) is 13.4 Å². The van der Waals surface area contributed by atoms with Gasteiger partial charge in [0.2, 0.25) is 0 Å². The molecule has 0 saturated carbocycles. The van der Waals surface area contributed by atoms with Crippen LogP contribution in [0.5, 0.6) is 0 Å². The maximum atomic E-state index is 12.9. The molecule has 0 aliphatic heterocycles. The molecule has 1 aromatic carbocycles. The average Bonchev–Trinajstić information content (AvgIpc) is 2.64. The Kier molecular flexibility index (Phi) is 5.38. The van der Waals surface area contributed by atoms with Crippen LogP contribution >= 0.6 is 0 Å². The molecule has 0 bridgehead atoms. The maximum absolute atomic E-state index is 12.9. The van der Waals surface area contributed by atoms with E-state index in [1.54, 1.807) is 24.3 Å². The van der Waals surface area contributed by atoms with E-state index in [1.807, 2.05) is 25.1 Å². The van der Waals surface area contributed by atoms with Crippen molar-refractivity contribution in [2.75, 3.05) is 16.2 Å². The van der Waals surface area contributed by atoms with Gasteiger partial charge in [0.05, 0.1) is 5.69 Å². The molecule has 1 aliphatic carbocycles. The molecule has 1 N–H and O–H groups in total. The first kappa shape index (κ1) is 17.5. The highest BCUT2D eigenvalue weighted by atomic mass is 32.2. The van der Waals surface area contributed by atoms with Crippen LogP contribution in [-0.4, -0.2) is 26.0 Å². The number of rotatable bonds is 6. The molecule has 25 heavy (non-hydrogen) atoms. The number of aromatic nitrogens is 1. The summed E-state index contributed by atoms with van der Waals surface area (Å²) in [6.45, 7) is 2.19. The molecule has 1 heterocycles. The zero-order chi connectivity index (χ0) is 17.7. The molecule has 5 nitrogen and oxygen atoms in total. The van der Waals surface area contributed by atoms with Gasteiger partial charge in [0.15, 0.2) is 0 Å². The molecule has 6 heteroatoms. The molecule has 1 atom stereocenters. The number of anilines is 2. The molecule has 2 aromatic rings. The number of para-hydroxylation sites is 1. The Morgan fingerprint density at radius 1 is 1.16 bits per heavy atom. The van der Waals surface area contributed by atoms with Crippen molar-refractivity contribution >= 4 is 21.5 Å². The minimum absolute atomic E-state index is 0.201. The van der Waals surface area contributed by atoms with Crippen LogP contribution in [0, 0.1) is 0 Å². The minimum atomic E-state index is -3.62. The van der Waals surface area contributed by atoms with E-state index < -0.39 is 10.0 Å². The van der Waals surface area contributed by atoms with E-state index in [1.165, 1.54) is 10.5 Å². The number of allylic oxidation sites excluding steroid dienone is 1. The Hall–Kier alpha value is -2.34. The molecule has 0 radical (unpaired) electrons. The van der Waals surface area contributed by atoms with Crippen LogP contribution < -0.4 is 9.62 Å². The van der Waals surface area contributed by atoms with Gasteiger partial charge in [-0.2, -0.15) is 0 Å². The first-order valence-corrected chi connectivity index (χ1v) is 10.0.